The van der Waals surface area contributed by atoms with E-state index in [9.17, 15) is 0 Å². The van der Waals surface area contributed by atoms with Gasteiger partial charge in [-0.2, -0.15) is 5.26 Å². The van der Waals surface area contributed by atoms with Gasteiger partial charge in [0.2, 0.25) is 0 Å². The Balaban J connectivity index is 2.10. The molecule has 0 saturated heterocycles. The van der Waals surface area contributed by atoms with Crippen molar-refractivity contribution in [3.05, 3.63) is 46.0 Å². The number of hydrogen-bond donors (Lipinski definition) is 0. The zero-order chi connectivity index (χ0) is 10.7. The lowest BCUT2D eigenvalue weighted by molar-refractivity contribution is 0.624. The molecule has 0 aliphatic heterocycles. The summed E-state index contributed by atoms with van der Waals surface area (Å²) >= 11 is 3.55. The lowest BCUT2D eigenvalue weighted by atomic mass is 9.99. The highest BCUT2D eigenvalue weighted by molar-refractivity contribution is 9.11. The minimum atomic E-state index is 0.502. The lowest BCUT2D eigenvalue weighted by Gasteiger charge is -2.09. The van der Waals surface area contributed by atoms with Crippen LogP contribution in [0.3, 0.4) is 0 Å². The van der Waals surface area contributed by atoms with Crippen LogP contribution in [0.25, 0.3) is 0 Å². The first-order valence-corrected chi connectivity index (χ1v) is 5.93. The van der Waals surface area contributed by atoms with Crippen LogP contribution in [0.2, 0.25) is 0 Å². The van der Waals surface area contributed by atoms with E-state index >= 15 is 0 Å². The van der Waals surface area contributed by atoms with Gasteiger partial charge in [0.05, 0.1) is 6.07 Å². The molecule has 1 atom stereocenters. The Kier molecular flexibility index (Phi) is 3.23. The largest absolute Gasteiger partial charge is 0.193 e. The summed E-state index contributed by atoms with van der Waals surface area (Å²) in [6, 6.07) is 12.7. The zero-order valence-corrected chi connectivity index (χ0v) is 10.00. The topological polar surface area (TPSA) is 23.8 Å². The van der Waals surface area contributed by atoms with E-state index in [2.05, 4.69) is 46.3 Å². The molecular formula is C13H12BrN. The van der Waals surface area contributed by atoms with Crippen molar-refractivity contribution in [1.29, 1.82) is 5.26 Å². The Hall–Kier alpha value is -1.07. The van der Waals surface area contributed by atoms with Gasteiger partial charge in [-0.25, -0.2) is 0 Å². The first-order chi connectivity index (χ1) is 7.31. The summed E-state index contributed by atoms with van der Waals surface area (Å²) in [5, 5.41) is 8.88. The minimum Gasteiger partial charge on any atom is -0.193 e. The number of allylic oxidation sites excluding steroid dienone is 2. The third-order valence-electron chi connectivity index (χ3n) is 2.85. The molecule has 0 fully saturated rings. The normalized spacial score (nSPS) is 20.4. The second kappa shape index (κ2) is 4.63. The van der Waals surface area contributed by atoms with E-state index in [1.54, 1.807) is 0 Å². The third kappa shape index (κ3) is 2.30. The van der Waals surface area contributed by atoms with E-state index in [1.807, 2.05) is 6.07 Å². The predicted octanol–water partition coefficient (Wildman–Crippen LogP) is 3.81. The van der Waals surface area contributed by atoms with Crippen molar-refractivity contribution in [2.24, 2.45) is 5.92 Å². The highest BCUT2D eigenvalue weighted by Crippen LogP contribution is 2.37. The van der Waals surface area contributed by atoms with E-state index in [1.165, 1.54) is 5.56 Å². The van der Waals surface area contributed by atoms with E-state index in [-0.39, 0.29) is 0 Å². The SMILES string of the molecule is N#CC1=C(Br)C(Cc2ccccc2)CC1. The van der Waals surface area contributed by atoms with Crippen molar-refractivity contribution >= 4 is 15.9 Å². The average molecular weight is 262 g/mol. The van der Waals surface area contributed by atoms with Gasteiger partial charge in [-0.3, -0.25) is 0 Å². The van der Waals surface area contributed by atoms with Gasteiger partial charge in [-0.15, -0.1) is 0 Å². The van der Waals surface area contributed by atoms with Crippen LogP contribution >= 0.6 is 15.9 Å². The maximum Gasteiger partial charge on any atom is 0.0955 e. The molecular weight excluding hydrogens is 250 g/mol. The van der Waals surface area contributed by atoms with Crippen LogP contribution in [0.1, 0.15) is 18.4 Å². The summed E-state index contributed by atoms with van der Waals surface area (Å²) in [5.41, 5.74) is 2.27. The molecule has 0 heterocycles. The predicted molar refractivity (Wildman–Crippen MR) is 64.4 cm³/mol. The quantitative estimate of drug-likeness (QED) is 0.795. The number of nitriles is 1. The fourth-order valence-electron chi connectivity index (χ4n) is 2.01. The second-order valence-corrected chi connectivity index (χ2v) is 4.72. The van der Waals surface area contributed by atoms with Crippen LogP contribution in [0.15, 0.2) is 40.4 Å². The number of halogens is 1. The van der Waals surface area contributed by atoms with Gasteiger partial charge in [0.1, 0.15) is 0 Å². The van der Waals surface area contributed by atoms with Gasteiger partial charge in [0.25, 0.3) is 0 Å². The molecule has 1 aliphatic carbocycles. The number of hydrogen-bond acceptors (Lipinski definition) is 1. The van der Waals surface area contributed by atoms with Gasteiger partial charge in [0.15, 0.2) is 0 Å². The summed E-state index contributed by atoms with van der Waals surface area (Å²) in [7, 11) is 0. The molecule has 1 unspecified atom stereocenters. The van der Waals surface area contributed by atoms with Crippen molar-refractivity contribution in [1.82, 2.24) is 0 Å². The molecule has 76 valence electrons. The summed E-state index contributed by atoms with van der Waals surface area (Å²) in [6.07, 6.45) is 3.06. The van der Waals surface area contributed by atoms with Crippen LogP contribution in [-0.2, 0) is 6.42 Å². The molecule has 0 saturated carbocycles. The van der Waals surface area contributed by atoms with Gasteiger partial charge < -0.3 is 0 Å². The van der Waals surface area contributed by atoms with Crippen LogP contribution in [-0.4, -0.2) is 0 Å². The molecule has 1 aromatic carbocycles. The van der Waals surface area contributed by atoms with Crippen LogP contribution in [0.5, 0.6) is 0 Å². The molecule has 0 N–H and O–H groups in total. The maximum absolute atomic E-state index is 8.88. The monoisotopic (exact) mass is 261 g/mol. The summed E-state index contributed by atoms with van der Waals surface area (Å²) in [4.78, 5) is 0. The molecule has 15 heavy (non-hydrogen) atoms. The molecule has 0 spiro atoms. The molecule has 1 aromatic rings. The van der Waals surface area contributed by atoms with Crippen LogP contribution in [0, 0.1) is 17.2 Å². The van der Waals surface area contributed by atoms with Crippen molar-refractivity contribution in [3.8, 4) is 6.07 Å². The van der Waals surface area contributed by atoms with Crippen molar-refractivity contribution in [2.45, 2.75) is 19.3 Å². The Morgan fingerprint density at radius 2 is 2.07 bits per heavy atom. The van der Waals surface area contributed by atoms with E-state index in [4.69, 9.17) is 5.26 Å². The minimum absolute atomic E-state index is 0.502. The smallest absolute Gasteiger partial charge is 0.0955 e. The number of nitrogens with zero attached hydrogens (tertiary/aromatic N) is 1. The maximum atomic E-state index is 8.88. The Morgan fingerprint density at radius 1 is 1.33 bits per heavy atom. The first-order valence-electron chi connectivity index (χ1n) is 5.14. The van der Waals surface area contributed by atoms with Gasteiger partial charge in [-0.05, 0) is 30.7 Å². The fourth-order valence-corrected chi connectivity index (χ4v) is 2.69. The Bertz CT molecular complexity index is 414. The lowest BCUT2D eigenvalue weighted by Crippen LogP contribution is -2.00. The summed E-state index contributed by atoms with van der Waals surface area (Å²) in [6.45, 7) is 0. The molecule has 0 aromatic heterocycles. The number of benzene rings is 1. The van der Waals surface area contributed by atoms with Gasteiger partial charge in [0, 0.05) is 10.1 Å². The average Bonchev–Trinajstić information content (AvgIpc) is 2.62. The number of rotatable bonds is 2. The van der Waals surface area contributed by atoms with E-state index in [0.717, 1.165) is 29.3 Å². The molecule has 0 amide bonds. The molecule has 0 bridgehead atoms. The molecule has 2 heteroatoms. The summed E-state index contributed by atoms with van der Waals surface area (Å²) < 4.78 is 1.12. The van der Waals surface area contributed by atoms with Crippen LogP contribution in [0.4, 0.5) is 0 Å². The molecule has 2 rings (SSSR count). The second-order valence-electron chi connectivity index (χ2n) is 3.86. The third-order valence-corrected chi connectivity index (χ3v) is 3.98. The highest BCUT2D eigenvalue weighted by Gasteiger charge is 2.23. The van der Waals surface area contributed by atoms with Gasteiger partial charge in [-0.1, -0.05) is 46.3 Å². The molecule has 1 aliphatic rings. The summed E-state index contributed by atoms with van der Waals surface area (Å²) in [5.74, 6) is 0.502. The fraction of sp³-hybridized carbons (Fsp3) is 0.308. The highest BCUT2D eigenvalue weighted by atomic mass is 79.9. The van der Waals surface area contributed by atoms with E-state index in [0.29, 0.717) is 5.92 Å². The van der Waals surface area contributed by atoms with Crippen molar-refractivity contribution in [3.63, 3.8) is 0 Å². The van der Waals surface area contributed by atoms with E-state index < -0.39 is 0 Å². The first kappa shape index (κ1) is 10.4. The van der Waals surface area contributed by atoms with Crippen molar-refractivity contribution < 1.29 is 0 Å². The molecule has 0 radical (unpaired) electrons. The Morgan fingerprint density at radius 3 is 2.67 bits per heavy atom. The van der Waals surface area contributed by atoms with Crippen molar-refractivity contribution in [2.75, 3.05) is 0 Å². The van der Waals surface area contributed by atoms with Crippen LogP contribution < -0.4 is 0 Å². The standard InChI is InChI=1S/C13H12BrN/c14-13-11(6-7-12(13)9-15)8-10-4-2-1-3-5-10/h1-5,11H,6-8H2. The molecule has 1 nitrogen and oxygen atoms in total. The Labute approximate surface area is 98.6 Å². The van der Waals surface area contributed by atoms with Gasteiger partial charge >= 0.3 is 0 Å². The zero-order valence-electron chi connectivity index (χ0n) is 8.41.